The van der Waals surface area contributed by atoms with Gasteiger partial charge in [0.2, 0.25) is 17.7 Å². The third kappa shape index (κ3) is 6.14. The van der Waals surface area contributed by atoms with E-state index in [0.717, 1.165) is 0 Å². The summed E-state index contributed by atoms with van der Waals surface area (Å²) < 4.78 is 5.22. The van der Waals surface area contributed by atoms with Gasteiger partial charge >= 0.3 is 0 Å². The molecule has 0 aromatic heterocycles. The van der Waals surface area contributed by atoms with Gasteiger partial charge in [-0.1, -0.05) is 6.08 Å². The van der Waals surface area contributed by atoms with Crippen LogP contribution in [0, 0.1) is 0 Å². The first-order valence-corrected chi connectivity index (χ1v) is 9.03. The molecule has 2 atom stereocenters. The predicted molar refractivity (Wildman–Crippen MR) is 91.2 cm³/mol. The zero-order valence-electron chi connectivity index (χ0n) is 13.6. The Balaban J connectivity index is 1.75. The van der Waals surface area contributed by atoms with Crippen molar-refractivity contribution >= 4 is 29.5 Å². The highest BCUT2D eigenvalue weighted by atomic mass is 32.2. The van der Waals surface area contributed by atoms with E-state index < -0.39 is 0 Å². The fourth-order valence-electron chi connectivity index (χ4n) is 2.51. The standard InChI is InChI=1S/C15H24N4O4S/c1-2-3-16-12(20)8-11-9-13(21)18-15(17-11)24-10-14(22)19-4-6-23-7-5-19/h2,11,15,17H,1,3-10H2,(H,16,20)(H,18,21). The van der Waals surface area contributed by atoms with Crippen LogP contribution in [-0.2, 0) is 19.1 Å². The fourth-order valence-corrected chi connectivity index (χ4v) is 3.50. The number of rotatable bonds is 7. The Bertz CT molecular complexity index is 482. The molecule has 24 heavy (non-hydrogen) atoms. The Morgan fingerprint density at radius 1 is 1.42 bits per heavy atom. The minimum atomic E-state index is -0.367. The molecule has 2 fully saturated rings. The summed E-state index contributed by atoms with van der Waals surface area (Å²) in [4.78, 5) is 37.4. The summed E-state index contributed by atoms with van der Waals surface area (Å²) in [5, 5.41) is 8.68. The van der Waals surface area contributed by atoms with Gasteiger partial charge in [0.25, 0.3) is 0 Å². The number of hydrogen-bond donors (Lipinski definition) is 3. The lowest BCUT2D eigenvalue weighted by molar-refractivity contribution is -0.132. The number of nitrogens with zero attached hydrogens (tertiary/aromatic N) is 1. The molecule has 8 nitrogen and oxygen atoms in total. The van der Waals surface area contributed by atoms with Crippen LogP contribution >= 0.6 is 11.8 Å². The molecule has 2 aliphatic rings. The maximum absolute atomic E-state index is 12.1. The molecule has 0 spiro atoms. The minimum absolute atomic E-state index is 0.0326. The van der Waals surface area contributed by atoms with Crippen molar-refractivity contribution in [3.05, 3.63) is 12.7 Å². The second-order valence-corrected chi connectivity index (χ2v) is 6.71. The molecule has 2 saturated heterocycles. The monoisotopic (exact) mass is 356 g/mol. The molecule has 3 N–H and O–H groups in total. The van der Waals surface area contributed by atoms with Crippen molar-refractivity contribution < 1.29 is 19.1 Å². The average Bonchev–Trinajstić information content (AvgIpc) is 2.58. The molecule has 0 aliphatic carbocycles. The molecule has 2 aliphatic heterocycles. The highest BCUT2D eigenvalue weighted by molar-refractivity contribution is 8.00. The number of nitrogens with one attached hydrogen (secondary N) is 3. The van der Waals surface area contributed by atoms with Crippen LogP contribution in [0.1, 0.15) is 12.8 Å². The van der Waals surface area contributed by atoms with E-state index in [4.69, 9.17) is 4.74 Å². The fraction of sp³-hybridized carbons (Fsp3) is 0.667. The molecule has 0 bridgehead atoms. The number of thioether (sulfide) groups is 1. The van der Waals surface area contributed by atoms with E-state index >= 15 is 0 Å². The van der Waals surface area contributed by atoms with E-state index in [-0.39, 0.29) is 47.9 Å². The molecular formula is C15H24N4O4S. The van der Waals surface area contributed by atoms with Crippen LogP contribution in [0.2, 0.25) is 0 Å². The molecule has 0 radical (unpaired) electrons. The van der Waals surface area contributed by atoms with Crippen LogP contribution in [0.25, 0.3) is 0 Å². The molecule has 134 valence electrons. The van der Waals surface area contributed by atoms with E-state index in [1.165, 1.54) is 11.8 Å². The van der Waals surface area contributed by atoms with Crippen molar-refractivity contribution in [1.29, 1.82) is 0 Å². The third-order valence-corrected chi connectivity index (χ3v) is 4.72. The maximum Gasteiger partial charge on any atom is 0.232 e. The van der Waals surface area contributed by atoms with Crippen molar-refractivity contribution in [3.8, 4) is 0 Å². The van der Waals surface area contributed by atoms with Crippen molar-refractivity contribution in [1.82, 2.24) is 20.9 Å². The van der Waals surface area contributed by atoms with Crippen molar-refractivity contribution in [2.24, 2.45) is 0 Å². The highest BCUT2D eigenvalue weighted by Gasteiger charge is 2.28. The molecule has 2 rings (SSSR count). The molecule has 0 aromatic rings. The topological polar surface area (TPSA) is 99.8 Å². The summed E-state index contributed by atoms with van der Waals surface area (Å²) in [7, 11) is 0. The smallest absolute Gasteiger partial charge is 0.232 e. The van der Waals surface area contributed by atoms with Crippen LogP contribution < -0.4 is 16.0 Å². The molecule has 9 heteroatoms. The zero-order chi connectivity index (χ0) is 17.4. The average molecular weight is 356 g/mol. The van der Waals surface area contributed by atoms with Crippen LogP contribution in [0.15, 0.2) is 12.7 Å². The van der Waals surface area contributed by atoms with Crippen molar-refractivity contribution in [2.45, 2.75) is 24.4 Å². The van der Waals surface area contributed by atoms with E-state index in [1.54, 1.807) is 11.0 Å². The third-order valence-electron chi connectivity index (χ3n) is 3.72. The van der Waals surface area contributed by atoms with Gasteiger partial charge in [0.15, 0.2) is 0 Å². The van der Waals surface area contributed by atoms with E-state index in [1.807, 2.05) is 0 Å². The number of morpholine rings is 1. The second-order valence-electron chi connectivity index (χ2n) is 5.62. The number of ether oxygens (including phenoxy) is 1. The molecular weight excluding hydrogens is 332 g/mol. The van der Waals surface area contributed by atoms with E-state index in [9.17, 15) is 14.4 Å². The maximum atomic E-state index is 12.1. The first kappa shape index (κ1) is 18.8. The summed E-state index contributed by atoms with van der Waals surface area (Å²) >= 11 is 1.33. The Kier molecular flexibility index (Phi) is 7.54. The Morgan fingerprint density at radius 2 is 2.17 bits per heavy atom. The van der Waals surface area contributed by atoms with E-state index in [2.05, 4.69) is 22.5 Å². The largest absolute Gasteiger partial charge is 0.378 e. The van der Waals surface area contributed by atoms with Gasteiger partial charge in [-0.05, 0) is 0 Å². The molecule has 2 unspecified atom stereocenters. The predicted octanol–water partition coefficient (Wildman–Crippen LogP) is -0.968. The summed E-state index contributed by atoms with van der Waals surface area (Å²) in [5.41, 5.74) is -0.367. The second kappa shape index (κ2) is 9.65. The van der Waals surface area contributed by atoms with Gasteiger partial charge in [0.1, 0.15) is 5.50 Å². The van der Waals surface area contributed by atoms with Crippen LogP contribution in [0.3, 0.4) is 0 Å². The van der Waals surface area contributed by atoms with Gasteiger partial charge in [-0.15, -0.1) is 18.3 Å². The molecule has 3 amide bonds. The Labute approximate surface area is 145 Å². The molecule has 0 saturated carbocycles. The number of carbonyl (C=O) groups excluding carboxylic acids is 3. The SMILES string of the molecule is C=CCNC(=O)CC1CC(=O)NC(SCC(=O)N2CCOCC2)N1. The van der Waals surface area contributed by atoms with Gasteiger partial charge in [-0.2, -0.15) is 0 Å². The minimum Gasteiger partial charge on any atom is -0.378 e. The van der Waals surface area contributed by atoms with Gasteiger partial charge in [-0.3, -0.25) is 19.7 Å². The van der Waals surface area contributed by atoms with Gasteiger partial charge < -0.3 is 20.3 Å². The van der Waals surface area contributed by atoms with Crippen LogP contribution in [0.4, 0.5) is 0 Å². The van der Waals surface area contributed by atoms with Crippen molar-refractivity contribution in [3.63, 3.8) is 0 Å². The van der Waals surface area contributed by atoms with Gasteiger partial charge in [-0.25, -0.2) is 0 Å². The zero-order valence-corrected chi connectivity index (χ0v) is 14.4. The lowest BCUT2D eigenvalue weighted by Crippen LogP contribution is -2.56. The first-order chi connectivity index (χ1) is 11.6. The lowest BCUT2D eigenvalue weighted by atomic mass is 10.1. The van der Waals surface area contributed by atoms with Crippen molar-refractivity contribution in [2.75, 3.05) is 38.6 Å². The molecule has 2 heterocycles. The van der Waals surface area contributed by atoms with Gasteiger partial charge in [0.05, 0.1) is 19.0 Å². The summed E-state index contributed by atoms with van der Waals surface area (Å²) in [6, 6.07) is -0.237. The normalized spacial score (nSPS) is 24.2. The number of hydrogen-bond acceptors (Lipinski definition) is 6. The quantitative estimate of drug-likeness (QED) is 0.508. The Hall–Kier alpha value is -1.58. The summed E-state index contributed by atoms with van der Waals surface area (Å²) in [6.07, 6.45) is 2.07. The summed E-state index contributed by atoms with van der Waals surface area (Å²) in [5.74, 6) is 0.0554. The Morgan fingerprint density at radius 3 is 2.88 bits per heavy atom. The lowest BCUT2D eigenvalue weighted by Gasteiger charge is -2.32. The first-order valence-electron chi connectivity index (χ1n) is 7.98. The van der Waals surface area contributed by atoms with Gasteiger partial charge in [0, 0.05) is 38.5 Å². The van der Waals surface area contributed by atoms with E-state index in [0.29, 0.717) is 32.8 Å². The number of amides is 3. The highest BCUT2D eigenvalue weighted by Crippen LogP contribution is 2.15. The summed E-state index contributed by atoms with van der Waals surface area (Å²) in [6.45, 7) is 6.29. The van der Waals surface area contributed by atoms with Crippen LogP contribution in [0.5, 0.6) is 0 Å². The van der Waals surface area contributed by atoms with Crippen LogP contribution in [-0.4, -0.2) is 72.8 Å². The molecule has 0 aromatic carbocycles. The number of carbonyl (C=O) groups is 3.